The Kier molecular flexibility index (Phi) is 5.50. The Bertz CT molecular complexity index is 765. The Labute approximate surface area is 151 Å². The molecule has 0 aliphatic carbocycles. The zero-order valence-corrected chi connectivity index (χ0v) is 15.0. The van der Waals surface area contributed by atoms with Crippen molar-refractivity contribution < 1.29 is 19.4 Å². The fraction of sp³-hybridized carbons (Fsp3) is 0.316. The number of aliphatic carboxylic acids is 1. The molecule has 0 bridgehead atoms. The van der Waals surface area contributed by atoms with Gasteiger partial charge >= 0.3 is 5.97 Å². The van der Waals surface area contributed by atoms with Crippen LogP contribution in [0.1, 0.15) is 22.1 Å². The summed E-state index contributed by atoms with van der Waals surface area (Å²) < 4.78 is 11.6. The summed E-state index contributed by atoms with van der Waals surface area (Å²) in [7, 11) is 1.61. The molecule has 5 nitrogen and oxygen atoms in total. The Hall–Kier alpha value is -2.18. The number of thioether (sulfide) groups is 1. The zero-order chi connectivity index (χ0) is 17.8. The standard InChI is InChI=1S/C19H21NO4S/c1-12-6-3-4-7-13(12)10-24-17-14(8-5-9-16(17)23-2)18-20-15(11-25-18)19(21)22/h3-9,15,18,20H,10-11H2,1-2H3,(H,21,22). The van der Waals surface area contributed by atoms with Gasteiger partial charge in [0, 0.05) is 11.3 Å². The lowest BCUT2D eigenvalue weighted by Gasteiger charge is -2.19. The lowest BCUT2D eigenvalue weighted by atomic mass is 10.1. The van der Waals surface area contributed by atoms with Gasteiger partial charge in [-0.25, -0.2) is 0 Å². The minimum Gasteiger partial charge on any atom is -0.493 e. The van der Waals surface area contributed by atoms with Crippen LogP contribution in [0.4, 0.5) is 0 Å². The molecular weight excluding hydrogens is 338 g/mol. The van der Waals surface area contributed by atoms with E-state index in [9.17, 15) is 9.90 Å². The van der Waals surface area contributed by atoms with E-state index in [0.29, 0.717) is 23.9 Å². The van der Waals surface area contributed by atoms with Crippen LogP contribution in [0.25, 0.3) is 0 Å². The third kappa shape index (κ3) is 3.91. The summed E-state index contributed by atoms with van der Waals surface area (Å²) >= 11 is 1.56. The molecule has 1 saturated heterocycles. The molecule has 1 fully saturated rings. The van der Waals surface area contributed by atoms with E-state index in [0.717, 1.165) is 11.1 Å². The molecule has 0 amide bonds. The smallest absolute Gasteiger partial charge is 0.321 e. The molecule has 25 heavy (non-hydrogen) atoms. The van der Waals surface area contributed by atoms with E-state index in [-0.39, 0.29) is 5.37 Å². The average molecular weight is 359 g/mol. The van der Waals surface area contributed by atoms with E-state index < -0.39 is 12.0 Å². The first kappa shape index (κ1) is 17.6. The van der Waals surface area contributed by atoms with Gasteiger partial charge in [-0.3, -0.25) is 10.1 Å². The molecule has 1 heterocycles. The van der Waals surface area contributed by atoms with Crippen molar-refractivity contribution in [1.29, 1.82) is 0 Å². The molecule has 0 radical (unpaired) electrons. The molecule has 0 spiro atoms. The van der Waals surface area contributed by atoms with Crippen LogP contribution < -0.4 is 14.8 Å². The number of carboxylic acid groups (broad SMARTS) is 1. The summed E-state index contributed by atoms with van der Waals surface area (Å²) in [5.41, 5.74) is 3.18. The highest BCUT2D eigenvalue weighted by Gasteiger charge is 2.32. The van der Waals surface area contributed by atoms with Gasteiger partial charge in [-0.05, 0) is 24.1 Å². The lowest BCUT2D eigenvalue weighted by Crippen LogP contribution is -2.33. The minimum atomic E-state index is -0.833. The van der Waals surface area contributed by atoms with Crippen molar-refractivity contribution in [2.75, 3.05) is 12.9 Å². The lowest BCUT2D eigenvalue weighted by molar-refractivity contribution is -0.138. The second kappa shape index (κ2) is 7.80. The van der Waals surface area contributed by atoms with Crippen LogP contribution in [-0.4, -0.2) is 30.0 Å². The number of para-hydroxylation sites is 1. The van der Waals surface area contributed by atoms with Gasteiger partial charge in [0.25, 0.3) is 0 Å². The van der Waals surface area contributed by atoms with E-state index >= 15 is 0 Å². The summed E-state index contributed by atoms with van der Waals surface area (Å²) in [5, 5.41) is 12.2. The van der Waals surface area contributed by atoms with Gasteiger partial charge in [0.2, 0.25) is 0 Å². The summed E-state index contributed by atoms with van der Waals surface area (Å²) in [6.07, 6.45) is 0. The average Bonchev–Trinajstić information content (AvgIpc) is 3.11. The van der Waals surface area contributed by atoms with Crippen LogP contribution in [0.2, 0.25) is 0 Å². The maximum Gasteiger partial charge on any atom is 0.321 e. The van der Waals surface area contributed by atoms with Crippen LogP contribution in [0.5, 0.6) is 11.5 Å². The number of carboxylic acids is 1. The summed E-state index contributed by atoms with van der Waals surface area (Å²) in [6.45, 7) is 2.48. The Balaban J connectivity index is 1.85. The molecule has 2 N–H and O–H groups in total. The third-order valence-electron chi connectivity index (χ3n) is 4.23. The molecule has 6 heteroatoms. The number of nitrogens with one attached hydrogen (secondary N) is 1. The fourth-order valence-electron chi connectivity index (χ4n) is 2.77. The highest BCUT2D eigenvalue weighted by Crippen LogP contribution is 2.42. The number of methoxy groups -OCH3 is 1. The first-order valence-corrected chi connectivity index (χ1v) is 9.09. The molecule has 0 aromatic heterocycles. The molecule has 2 aromatic carbocycles. The van der Waals surface area contributed by atoms with Crippen LogP contribution in [0.3, 0.4) is 0 Å². The summed E-state index contributed by atoms with van der Waals surface area (Å²) in [5.74, 6) is 0.992. The first-order chi connectivity index (χ1) is 12.1. The number of carbonyl (C=O) groups is 1. The normalized spacial score (nSPS) is 19.6. The number of rotatable bonds is 6. The first-order valence-electron chi connectivity index (χ1n) is 8.05. The van der Waals surface area contributed by atoms with Crippen LogP contribution >= 0.6 is 11.8 Å². The minimum absolute atomic E-state index is 0.136. The van der Waals surface area contributed by atoms with Crippen molar-refractivity contribution in [3.05, 3.63) is 59.2 Å². The van der Waals surface area contributed by atoms with Gasteiger partial charge in [-0.2, -0.15) is 0 Å². The van der Waals surface area contributed by atoms with Crippen molar-refractivity contribution in [2.45, 2.75) is 24.9 Å². The van der Waals surface area contributed by atoms with Crippen molar-refractivity contribution >= 4 is 17.7 Å². The number of hydrogen-bond acceptors (Lipinski definition) is 5. The van der Waals surface area contributed by atoms with Gasteiger partial charge in [-0.1, -0.05) is 36.4 Å². The van der Waals surface area contributed by atoms with E-state index in [2.05, 4.69) is 5.32 Å². The molecule has 0 saturated carbocycles. The van der Waals surface area contributed by atoms with E-state index in [1.165, 1.54) is 5.56 Å². The maximum absolute atomic E-state index is 11.2. The number of hydrogen-bond donors (Lipinski definition) is 2. The molecule has 2 unspecified atom stereocenters. The molecular formula is C19H21NO4S. The topological polar surface area (TPSA) is 67.8 Å². The third-order valence-corrected chi connectivity index (χ3v) is 5.47. The monoisotopic (exact) mass is 359 g/mol. The predicted octanol–water partition coefficient (Wildman–Crippen LogP) is 3.37. The maximum atomic E-state index is 11.2. The quantitative estimate of drug-likeness (QED) is 0.824. The van der Waals surface area contributed by atoms with E-state index in [1.54, 1.807) is 18.9 Å². The molecule has 2 aromatic rings. The second-order valence-electron chi connectivity index (χ2n) is 5.86. The van der Waals surface area contributed by atoms with Gasteiger partial charge in [0.15, 0.2) is 11.5 Å². The highest BCUT2D eigenvalue weighted by atomic mass is 32.2. The van der Waals surface area contributed by atoms with E-state index in [4.69, 9.17) is 9.47 Å². The number of ether oxygens (including phenoxy) is 2. The van der Waals surface area contributed by atoms with Crippen molar-refractivity contribution in [3.63, 3.8) is 0 Å². The van der Waals surface area contributed by atoms with Crippen molar-refractivity contribution in [3.8, 4) is 11.5 Å². The summed E-state index contributed by atoms with van der Waals surface area (Å²) in [6, 6.07) is 13.2. The van der Waals surface area contributed by atoms with Crippen molar-refractivity contribution in [1.82, 2.24) is 5.32 Å². The van der Waals surface area contributed by atoms with Crippen LogP contribution in [0, 0.1) is 6.92 Å². The van der Waals surface area contributed by atoms with Gasteiger partial charge < -0.3 is 14.6 Å². The molecule has 132 valence electrons. The Morgan fingerprint density at radius 3 is 2.76 bits per heavy atom. The second-order valence-corrected chi connectivity index (χ2v) is 7.00. The van der Waals surface area contributed by atoms with Gasteiger partial charge in [0.1, 0.15) is 12.6 Å². The summed E-state index contributed by atoms with van der Waals surface area (Å²) in [4.78, 5) is 11.2. The molecule has 1 aliphatic heterocycles. The molecule has 1 aliphatic rings. The fourth-order valence-corrected chi connectivity index (χ4v) is 4.02. The largest absolute Gasteiger partial charge is 0.493 e. The SMILES string of the molecule is COc1cccc(C2NC(C(=O)O)CS2)c1OCc1ccccc1C. The Morgan fingerprint density at radius 2 is 2.08 bits per heavy atom. The highest BCUT2D eigenvalue weighted by molar-refractivity contribution is 7.99. The molecule has 3 rings (SSSR count). The number of benzene rings is 2. The van der Waals surface area contributed by atoms with Crippen molar-refractivity contribution in [2.24, 2.45) is 0 Å². The van der Waals surface area contributed by atoms with E-state index in [1.807, 2.05) is 49.4 Å². The van der Waals surface area contributed by atoms with Crippen LogP contribution in [0.15, 0.2) is 42.5 Å². The molecule has 2 atom stereocenters. The predicted molar refractivity (Wildman–Crippen MR) is 98.3 cm³/mol. The Morgan fingerprint density at radius 1 is 1.28 bits per heavy atom. The van der Waals surface area contributed by atoms with Gasteiger partial charge in [0.05, 0.1) is 12.5 Å². The van der Waals surface area contributed by atoms with Crippen LogP contribution in [-0.2, 0) is 11.4 Å². The number of aryl methyl sites for hydroxylation is 1. The zero-order valence-electron chi connectivity index (χ0n) is 14.2. The van der Waals surface area contributed by atoms with Gasteiger partial charge in [-0.15, -0.1) is 11.8 Å².